The maximum Gasteiger partial charge on any atom is 0.135 e. The Hall–Kier alpha value is -4.45. The first-order valence-electron chi connectivity index (χ1n) is 18.7. The molecule has 0 bridgehead atoms. The van der Waals surface area contributed by atoms with Gasteiger partial charge in [0.05, 0.1) is 20.4 Å². The molecular weight excluding hydrogens is 673 g/mol. The molecule has 0 aliphatic carbocycles. The van der Waals surface area contributed by atoms with E-state index < -0.39 is 0 Å². The normalized spacial score (nSPS) is 10.7. The molecule has 0 unspecified atom stereocenters. The van der Waals surface area contributed by atoms with Gasteiger partial charge in [0, 0.05) is 23.5 Å². The maximum atomic E-state index is 11.3. The van der Waals surface area contributed by atoms with Crippen molar-refractivity contribution < 1.29 is 4.79 Å². The molecule has 0 N–H and O–H groups in total. The number of fused-ring (bicyclic) bond motifs is 2. The maximum absolute atomic E-state index is 11.3. The van der Waals surface area contributed by atoms with Gasteiger partial charge in [0.25, 0.3) is 0 Å². The third kappa shape index (κ3) is 11.8. The fraction of sp³-hybridized carbons (Fsp3) is 0.298. The number of rotatable bonds is 9. The van der Waals surface area contributed by atoms with Crippen molar-refractivity contribution in [1.29, 1.82) is 0 Å². The van der Waals surface area contributed by atoms with E-state index in [2.05, 4.69) is 130 Å². The fourth-order valence-corrected chi connectivity index (χ4v) is 7.49. The zero-order chi connectivity index (χ0) is 37.5. The third-order valence-corrected chi connectivity index (χ3v) is 10.8. The van der Waals surface area contributed by atoms with E-state index in [1.807, 2.05) is 52.0 Å². The number of benzene rings is 5. The van der Waals surface area contributed by atoms with Crippen LogP contribution in [0.15, 0.2) is 121 Å². The van der Waals surface area contributed by atoms with Gasteiger partial charge in [-0.2, -0.15) is 0 Å². The number of aryl methyl sites for hydroxylation is 3. The Morgan fingerprint density at radius 3 is 1.77 bits per heavy atom. The summed E-state index contributed by atoms with van der Waals surface area (Å²) in [6.07, 6.45) is 3.78. The average molecular weight is 727 g/mol. The number of carbonyl (C=O) groups excluding carboxylic acids is 1. The lowest BCUT2D eigenvalue weighted by molar-refractivity contribution is -0.121. The van der Waals surface area contributed by atoms with Gasteiger partial charge in [0.1, 0.15) is 15.8 Å². The van der Waals surface area contributed by atoms with Crippen LogP contribution in [0, 0.1) is 12.8 Å². The van der Waals surface area contributed by atoms with Crippen LogP contribution in [0.3, 0.4) is 0 Å². The summed E-state index contributed by atoms with van der Waals surface area (Å²) in [6, 6.07) is 42.5. The predicted molar refractivity (Wildman–Crippen MR) is 229 cm³/mol. The highest BCUT2D eigenvalue weighted by Crippen LogP contribution is 2.32. The second-order valence-corrected chi connectivity index (χ2v) is 15.3. The van der Waals surface area contributed by atoms with Crippen LogP contribution in [0.1, 0.15) is 89.5 Å². The first-order valence-corrected chi connectivity index (χ1v) is 20.3. The number of carbonyl (C=O) groups is 1. The summed E-state index contributed by atoms with van der Waals surface area (Å²) in [5.74, 6) is 1.14. The highest BCUT2D eigenvalue weighted by Gasteiger charge is 2.08. The highest BCUT2D eigenvalue weighted by atomic mass is 32.1. The topological polar surface area (TPSA) is 42.9 Å². The largest absolute Gasteiger partial charge is 0.299 e. The van der Waals surface area contributed by atoms with Gasteiger partial charge in [0.15, 0.2) is 0 Å². The SMILES string of the molecule is CC.CC(C)C(=O)CCCc1ccccc1.CCc1ccc(-c2nc3ccccc3s2)cc1.Cc1ccc2nc(-c3ccc(C(C)C)cc3)sc2c1. The molecule has 0 atom stereocenters. The van der Waals surface area contributed by atoms with Crippen molar-refractivity contribution in [3.05, 3.63) is 144 Å². The van der Waals surface area contributed by atoms with Gasteiger partial charge in [-0.1, -0.05) is 146 Å². The van der Waals surface area contributed by atoms with Crippen molar-refractivity contribution in [3.63, 3.8) is 0 Å². The van der Waals surface area contributed by atoms with E-state index in [0.29, 0.717) is 18.1 Å². The Bertz CT molecular complexity index is 2060. The minimum Gasteiger partial charge on any atom is -0.299 e. The molecule has 0 fully saturated rings. The lowest BCUT2D eigenvalue weighted by Crippen LogP contribution is -2.06. The Kier molecular flexibility index (Phi) is 15.9. The molecule has 52 heavy (non-hydrogen) atoms. The molecule has 7 rings (SSSR count). The summed E-state index contributed by atoms with van der Waals surface area (Å²) in [5.41, 5.74) is 9.97. The summed E-state index contributed by atoms with van der Waals surface area (Å²) in [4.78, 5) is 20.7. The molecule has 0 aliphatic heterocycles. The van der Waals surface area contributed by atoms with Gasteiger partial charge < -0.3 is 0 Å². The summed E-state index contributed by atoms with van der Waals surface area (Å²) in [5, 5.41) is 2.21. The number of aromatic nitrogens is 2. The van der Waals surface area contributed by atoms with E-state index in [9.17, 15) is 4.79 Å². The van der Waals surface area contributed by atoms with E-state index in [-0.39, 0.29) is 5.92 Å². The molecule has 0 aliphatic rings. The van der Waals surface area contributed by atoms with Crippen molar-refractivity contribution in [2.24, 2.45) is 5.92 Å². The molecule has 270 valence electrons. The predicted octanol–water partition coefficient (Wildman–Crippen LogP) is 14.2. The van der Waals surface area contributed by atoms with Gasteiger partial charge in [-0.05, 0) is 78.6 Å². The molecular formula is C47H54N2OS2. The summed E-state index contributed by atoms with van der Waals surface area (Å²) in [7, 11) is 0. The first kappa shape index (κ1) is 40.3. The Morgan fingerprint density at radius 2 is 1.19 bits per heavy atom. The number of hydrogen-bond acceptors (Lipinski definition) is 5. The Labute approximate surface area is 319 Å². The molecule has 0 spiro atoms. The van der Waals surface area contributed by atoms with Crippen molar-refractivity contribution in [2.45, 2.75) is 87.0 Å². The van der Waals surface area contributed by atoms with E-state index in [1.54, 1.807) is 22.7 Å². The van der Waals surface area contributed by atoms with Gasteiger partial charge in [-0.3, -0.25) is 4.79 Å². The van der Waals surface area contributed by atoms with E-state index in [0.717, 1.165) is 40.3 Å². The number of para-hydroxylation sites is 1. The summed E-state index contributed by atoms with van der Waals surface area (Å²) in [6.45, 7) is 16.7. The van der Waals surface area contributed by atoms with E-state index >= 15 is 0 Å². The van der Waals surface area contributed by atoms with Crippen LogP contribution < -0.4 is 0 Å². The van der Waals surface area contributed by atoms with Gasteiger partial charge >= 0.3 is 0 Å². The highest BCUT2D eigenvalue weighted by molar-refractivity contribution is 7.22. The smallest absolute Gasteiger partial charge is 0.135 e. The molecule has 3 nitrogen and oxygen atoms in total. The molecule has 0 amide bonds. The average Bonchev–Trinajstić information content (AvgIpc) is 3.81. The van der Waals surface area contributed by atoms with Crippen LogP contribution >= 0.6 is 22.7 Å². The van der Waals surface area contributed by atoms with Gasteiger partial charge in [-0.15, -0.1) is 22.7 Å². The van der Waals surface area contributed by atoms with Crippen LogP contribution in [0.5, 0.6) is 0 Å². The van der Waals surface area contributed by atoms with Crippen LogP contribution in [0.25, 0.3) is 41.6 Å². The number of hydrogen-bond donors (Lipinski definition) is 0. The van der Waals surface area contributed by atoms with Crippen molar-refractivity contribution in [2.75, 3.05) is 0 Å². The van der Waals surface area contributed by atoms with E-state index in [4.69, 9.17) is 4.98 Å². The minimum absolute atomic E-state index is 0.186. The zero-order valence-corrected chi connectivity index (χ0v) is 33.8. The second kappa shape index (κ2) is 20.6. The molecule has 0 radical (unpaired) electrons. The Balaban J connectivity index is 0.000000172. The quantitative estimate of drug-likeness (QED) is 0.149. The standard InChI is InChI=1S/C17H17NS.C15H13NS.C13H18O.C2H6/c1-11(2)13-5-7-14(8-6-13)17-18-15-9-4-12(3)10-16(15)19-17;1-2-11-7-9-12(10-8-11)15-16-13-5-3-4-6-14(13)17-15;1-11(2)13(14)10-6-9-12-7-4-3-5-8-12;1-2/h4-11H,1-3H3;3-10H,2H2,1H3;3-5,7-8,11H,6,9-10H2,1-2H3;1-2H3. The summed E-state index contributed by atoms with van der Waals surface area (Å²) >= 11 is 3.52. The van der Waals surface area contributed by atoms with Gasteiger partial charge in [0.2, 0.25) is 0 Å². The Morgan fingerprint density at radius 1 is 0.635 bits per heavy atom. The molecule has 7 aromatic rings. The second-order valence-electron chi connectivity index (χ2n) is 13.3. The van der Waals surface area contributed by atoms with Crippen LogP contribution in [0.4, 0.5) is 0 Å². The van der Waals surface area contributed by atoms with Crippen LogP contribution in [-0.2, 0) is 17.6 Å². The molecule has 2 heterocycles. The first-order chi connectivity index (χ1) is 25.2. The lowest BCUT2D eigenvalue weighted by atomic mass is 10.0. The lowest BCUT2D eigenvalue weighted by Gasteiger charge is -2.05. The molecule has 0 saturated carbocycles. The van der Waals surface area contributed by atoms with Crippen LogP contribution in [-0.4, -0.2) is 15.8 Å². The monoisotopic (exact) mass is 726 g/mol. The van der Waals surface area contributed by atoms with E-state index in [1.165, 1.54) is 42.8 Å². The third-order valence-electron chi connectivity index (χ3n) is 8.65. The van der Waals surface area contributed by atoms with Gasteiger partial charge in [-0.25, -0.2) is 9.97 Å². The number of ketones is 1. The molecule has 0 saturated heterocycles. The minimum atomic E-state index is 0.186. The van der Waals surface area contributed by atoms with Crippen molar-refractivity contribution >= 4 is 48.9 Å². The summed E-state index contributed by atoms with van der Waals surface area (Å²) < 4.78 is 2.52. The van der Waals surface area contributed by atoms with Crippen molar-refractivity contribution in [1.82, 2.24) is 9.97 Å². The number of thiazole rings is 2. The number of Topliss-reactive ketones (excluding diaryl/α,β-unsaturated/α-hetero) is 1. The molecule has 5 aromatic carbocycles. The van der Waals surface area contributed by atoms with Crippen LogP contribution in [0.2, 0.25) is 0 Å². The van der Waals surface area contributed by atoms with Crippen molar-refractivity contribution in [3.8, 4) is 21.1 Å². The number of nitrogens with zero attached hydrogens (tertiary/aromatic N) is 2. The zero-order valence-electron chi connectivity index (χ0n) is 32.1. The molecule has 2 aromatic heterocycles. The molecule has 5 heteroatoms. The fourth-order valence-electron chi connectivity index (χ4n) is 5.44.